The van der Waals surface area contributed by atoms with Gasteiger partial charge in [-0.05, 0) is 0 Å². The van der Waals surface area contributed by atoms with Crippen LogP contribution in [0.3, 0.4) is 0 Å². The summed E-state index contributed by atoms with van der Waals surface area (Å²) in [4.78, 5) is 15.2. The van der Waals surface area contributed by atoms with Crippen LogP contribution >= 0.6 is 0 Å². The summed E-state index contributed by atoms with van der Waals surface area (Å²) in [5, 5.41) is -0.159. The van der Waals surface area contributed by atoms with Gasteiger partial charge in [0, 0.05) is 12.4 Å². The van der Waals surface area contributed by atoms with Gasteiger partial charge in [-0.2, -0.15) is 4.98 Å². The fourth-order valence-corrected chi connectivity index (χ4v) is 1.15. The quantitative estimate of drug-likeness (QED) is 0.510. The van der Waals surface area contributed by atoms with Crippen molar-refractivity contribution < 1.29 is 8.76 Å². The van der Waals surface area contributed by atoms with Crippen molar-refractivity contribution in [1.82, 2.24) is 19.9 Å². The van der Waals surface area contributed by atoms with E-state index in [1.54, 1.807) is 0 Å². The molecule has 0 bridgehead atoms. The van der Waals surface area contributed by atoms with Crippen molar-refractivity contribution in [3.63, 3.8) is 0 Å². The normalized spacial score (nSPS) is 13.0. The van der Waals surface area contributed by atoms with E-state index >= 15 is 0 Å². The summed E-state index contributed by atoms with van der Waals surface area (Å²) in [6.45, 7) is 0. The molecule has 0 aromatic carbocycles. The maximum absolute atomic E-state index is 10.6. The third-order valence-corrected chi connectivity index (χ3v) is 1.87. The van der Waals surface area contributed by atoms with Gasteiger partial charge in [0.2, 0.25) is 16.2 Å². The molecule has 1 N–H and O–H groups in total. The van der Waals surface area contributed by atoms with Crippen LogP contribution in [-0.2, 0) is 11.1 Å². The van der Waals surface area contributed by atoms with E-state index in [1.807, 2.05) is 0 Å². The number of hydrogen-bond donors (Lipinski definition) is 1. The first kappa shape index (κ1) is 8.14. The van der Waals surface area contributed by atoms with Crippen LogP contribution < -0.4 is 0 Å². The zero-order chi connectivity index (χ0) is 9.26. The number of nitrogens with zero attached hydrogens (tertiary/aromatic N) is 4. The zero-order valence-corrected chi connectivity index (χ0v) is 7.10. The van der Waals surface area contributed by atoms with Crippen LogP contribution in [0.2, 0.25) is 0 Å². The molecule has 1 atom stereocenters. The van der Waals surface area contributed by atoms with E-state index in [0.29, 0.717) is 11.2 Å². The third-order valence-electron chi connectivity index (χ3n) is 1.36. The highest BCUT2D eigenvalue weighted by Crippen LogP contribution is 2.04. The largest absolute Gasteiger partial charge is 0.300 e. The number of aromatic nitrogens is 4. The van der Waals surface area contributed by atoms with E-state index in [2.05, 4.69) is 19.9 Å². The lowest BCUT2D eigenvalue weighted by Gasteiger charge is -1.95. The molecule has 13 heavy (non-hydrogen) atoms. The van der Waals surface area contributed by atoms with Gasteiger partial charge < -0.3 is 0 Å². The third kappa shape index (κ3) is 1.51. The topological polar surface area (TPSA) is 88.9 Å². The molecule has 0 saturated heterocycles. The molecule has 2 aromatic heterocycles. The first-order valence-electron chi connectivity index (χ1n) is 3.32. The Bertz CT molecular complexity index is 475. The zero-order valence-electron chi connectivity index (χ0n) is 6.28. The van der Waals surface area contributed by atoms with Crippen molar-refractivity contribution >= 4 is 22.2 Å². The van der Waals surface area contributed by atoms with Gasteiger partial charge in [-0.3, -0.25) is 4.55 Å². The molecule has 0 aliphatic heterocycles. The fourth-order valence-electron chi connectivity index (χ4n) is 0.839. The van der Waals surface area contributed by atoms with Crippen LogP contribution in [0.4, 0.5) is 0 Å². The minimum atomic E-state index is -2.17. The molecule has 2 rings (SSSR count). The molecule has 6 nitrogen and oxygen atoms in total. The predicted molar refractivity (Wildman–Crippen MR) is 44.2 cm³/mol. The van der Waals surface area contributed by atoms with Gasteiger partial charge in [0.1, 0.15) is 5.52 Å². The molecule has 0 radical (unpaired) electrons. The first-order valence-corrected chi connectivity index (χ1v) is 4.42. The summed E-state index contributed by atoms with van der Waals surface area (Å²) in [6.07, 6.45) is 4.32. The smallest absolute Gasteiger partial charge is 0.248 e. The minimum Gasteiger partial charge on any atom is -0.300 e. The van der Waals surface area contributed by atoms with Crippen molar-refractivity contribution in [3.05, 3.63) is 18.6 Å². The molecule has 1 unspecified atom stereocenters. The molecule has 2 aromatic rings. The molecule has 0 saturated carbocycles. The Labute approximate surface area is 75.4 Å². The summed E-state index contributed by atoms with van der Waals surface area (Å²) in [5.74, 6) is 0. The van der Waals surface area contributed by atoms with Crippen molar-refractivity contribution in [2.75, 3.05) is 0 Å². The fraction of sp³-hybridized carbons (Fsp3) is 0. The molecular formula is C6H4N4O2S. The van der Waals surface area contributed by atoms with Crippen LogP contribution in [0.5, 0.6) is 0 Å². The Morgan fingerprint density at radius 1 is 1.23 bits per heavy atom. The number of fused-ring (bicyclic) bond motifs is 1. The number of hydrogen-bond acceptors (Lipinski definition) is 5. The summed E-state index contributed by atoms with van der Waals surface area (Å²) in [5.41, 5.74) is 0.812. The molecule has 0 aliphatic carbocycles. The lowest BCUT2D eigenvalue weighted by molar-refractivity contribution is 0.555. The molecule has 66 valence electrons. The SMILES string of the molecule is O=S(O)c1ncc2nccnc2n1. The van der Waals surface area contributed by atoms with E-state index in [-0.39, 0.29) is 5.16 Å². The average Bonchev–Trinajstić information content (AvgIpc) is 2.17. The molecule has 2 heterocycles. The molecule has 0 amide bonds. The van der Waals surface area contributed by atoms with Crippen LogP contribution in [-0.4, -0.2) is 28.7 Å². The first-order chi connectivity index (χ1) is 6.27. The molecule has 0 aliphatic rings. The van der Waals surface area contributed by atoms with Crippen LogP contribution in [0, 0.1) is 0 Å². The van der Waals surface area contributed by atoms with Gasteiger partial charge in [0.25, 0.3) is 0 Å². The van der Waals surface area contributed by atoms with Gasteiger partial charge in [-0.25, -0.2) is 19.2 Å². The van der Waals surface area contributed by atoms with E-state index in [1.165, 1.54) is 18.6 Å². The maximum Gasteiger partial charge on any atom is 0.248 e. The summed E-state index contributed by atoms with van der Waals surface area (Å²) in [7, 11) is 0. The van der Waals surface area contributed by atoms with Crippen LogP contribution in [0.15, 0.2) is 23.7 Å². The summed E-state index contributed by atoms with van der Waals surface area (Å²) >= 11 is -2.17. The van der Waals surface area contributed by atoms with Gasteiger partial charge in [0.05, 0.1) is 6.20 Å². The van der Waals surface area contributed by atoms with Gasteiger partial charge in [-0.15, -0.1) is 0 Å². The predicted octanol–water partition coefficient (Wildman–Crippen LogP) is 0.000400. The number of rotatable bonds is 1. The summed E-state index contributed by atoms with van der Waals surface area (Å²) in [6, 6.07) is 0. The minimum absolute atomic E-state index is 0.159. The summed E-state index contributed by atoms with van der Waals surface area (Å²) < 4.78 is 19.3. The van der Waals surface area contributed by atoms with E-state index < -0.39 is 11.1 Å². The lowest BCUT2D eigenvalue weighted by atomic mass is 10.5. The van der Waals surface area contributed by atoms with E-state index in [4.69, 9.17) is 4.55 Å². The molecule has 0 fully saturated rings. The highest BCUT2D eigenvalue weighted by atomic mass is 32.2. The Balaban J connectivity index is 2.69. The molecular weight excluding hydrogens is 192 g/mol. The van der Waals surface area contributed by atoms with Gasteiger partial charge in [-0.1, -0.05) is 0 Å². The monoisotopic (exact) mass is 196 g/mol. The van der Waals surface area contributed by atoms with Crippen LogP contribution in [0.25, 0.3) is 11.2 Å². The standard InChI is InChI=1S/C6H4N4O2S/c11-13(12)6-9-3-4-5(10-6)8-2-1-7-4/h1-3H,(H,11,12). The van der Waals surface area contributed by atoms with Crippen molar-refractivity contribution in [2.45, 2.75) is 5.16 Å². The second kappa shape index (κ2) is 3.11. The lowest BCUT2D eigenvalue weighted by Crippen LogP contribution is -1.98. The van der Waals surface area contributed by atoms with Crippen molar-refractivity contribution in [1.29, 1.82) is 0 Å². The Morgan fingerprint density at radius 2 is 2.00 bits per heavy atom. The Hall–Kier alpha value is -1.47. The Morgan fingerprint density at radius 3 is 2.77 bits per heavy atom. The second-order valence-electron chi connectivity index (χ2n) is 2.17. The molecule has 7 heteroatoms. The van der Waals surface area contributed by atoms with Gasteiger partial charge >= 0.3 is 0 Å². The van der Waals surface area contributed by atoms with Gasteiger partial charge in [0.15, 0.2) is 5.65 Å². The highest BCUT2D eigenvalue weighted by Gasteiger charge is 2.05. The maximum atomic E-state index is 10.6. The van der Waals surface area contributed by atoms with E-state index in [9.17, 15) is 4.21 Å². The van der Waals surface area contributed by atoms with Crippen molar-refractivity contribution in [3.8, 4) is 0 Å². The van der Waals surface area contributed by atoms with E-state index in [0.717, 1.165) is 0 Å². The second-order valence-corrected chi connectivity index (χ2v) is 3.03. The highest BCUT2D eigenvalue weighted by molar-refractivity contribution is 7.79. The average molecular weight is 196 g/mol. The molecule has 0 spiro atoms. The van der Waals surface area contributed by atoms with Crippen LogP contribution in [0.1, 0.15) is 0 Å². The Kier molecular flexibility index (Phi) is 1.95. The van der Waals surface area contributed by atoms with Crippen molar-refractivity contribution in [2.24, 2.45) is 0 Å².